The van der Waals surface area contributed by atoms with Gasteiger partial charge in [0.15, 0.2) is 0 Å². The highest BCUT2D eigenvalue weighted by atomic mass is 32.1. The molecule has 1 aliphatic rings. The Hall–Kier alpha value is -2.88. The van der Waals surface area contributed by atoms with E-state index in [9.17, 15) is 20.0 Å². The highest BCUT2D eigenvalue weighted by molar-refractivity contribution is 7.13. The Labute approximate surface area is 140 Å². The minimum Gasteiger partial charge on any atom is -0.478 e. The first-order valence-corrected chi connectivity index (χ1v) is 7.96. The number of nitro groups is 1. The number of carboxylic acid groups (broad SMARTS) is 1. The number of azo groups is 1. The topological polar surface area (TPSA) is 121 Å². The lowest BCUT2D eigenvalue weighted by Crippen LogP contribution is -2.25. The highest BCUT2D eigenvalue weighted by Gasteiger charge is 2.20. The molecule has 1 aromatic heterocycles. The predicted octanol–water partition coefficient (Wildman–Crippen LogP) is 3.55. The Morgan fingerprint density at radius 1 is 1.46 bits per heavy atom. The number of aromatic nitrogens is 1. The molecule has 0 atom stereocenters. The molecule has 0 radical (unpaired) electrons. The molecule has 124 valence electrons. The molecule has 0 fully saturated rings. The van der Waals surface area contributed by atoms with Gasteiger partial charge in [-0.3, -0.25) is 0 Å². The van der Waals surface area contributed by atoms with Crippen molar-refractivity contribution in [3.8, 4) is 0 Å². The second kappa shape index (κ2) is 6.32. The minimum absolute atomic E-state index is 0.0392. The van der Waals surface area contributed by atoms with Gasteiger partial charge in [-0.1, -0.05) is 16.5 Å². The summed E-state index contributed by atoms with van der Waals surface area (Å²) < 4.78 is 0. The fraction of sp³-hybridized carbons (Fsp3) is 0.286. The molecule has 2 aromatic rings. The number of carboxylic acids is 1. The van der Waals surface area contributed by atoms with E-state index in [1.807, 2.05) is 11.9 Å². The van der Waals surface area contributed by atoms with Gasteiger partial charge in [0.1, 0.15) is 5.69 Å². The first-order chi connectivity index (χ1) is 11.5. The van der Waals surface area contributed by atoms with Crippen molar-refractivity contribution >= 4 is 39.6 Å². The standard InChI is InChI=1S/C14H13N5O4S/c1-18-4-2-3-8-5-10(9(13(20)21)6-11(8)18)16-17-14-15-12(7-24-14)19(22)23/h5-7H,2-4H2,1H3,(H,20,21). The van der Waals surface area contributed by atoms with Gasteiger partial charge >= 0.3 is 16.9 Å². The zero-order valence-electron chi connectivity index (χ0n) is 12.7. The number of carbonyl (C=O) groups is 1. The van der Waals surface area contributed by atoms with Gasteiger partial charge in [-0.05, 0) is 40.4 Å². The molecule has 1 aliphatic heterocycles. The summed E-state index contributed by atoms with van der Waals surface area (Å²) >= 11 is 0.972. The van der Waals surface area contributed by atoms with E-state index >= 15 is 0 Å². The Morgan fingerprint density at radius 3 is 2.92 bits per heavy atom. The van der Waals surface area contributed by atoms with E-state index in [-0.39, 0.29) is 22.2 Å². The Kier molecular flexibility index (Phi) is 4.21. The first kappa shape index (κ1) is 16.0. The fourth-order valence-electron chi connectivity index (χ4n) is 2.54. The molecule has 1 aromatic carbocycles. The van der Waals surface area contributed by atoms with E-state index in [1.54, 1.807) is 12.1 Å². The lowest BCUT2D eigenvalue weighted by Gasteiger charge is -2.28. The maximum atomic E-state index is 11.5. The van der Waals surface area contributed by atoms with Crippen molar-refractivity contribution in [2.75, 3.05) is 18.5 Å². The molecule has 0 aliphatic carbocycles. The number of hydrogen-bond acceptors (Lipinski definition) is 8. The number of hydrogen-bond donors (Lipinski definition) is 1. The molecule has 0 bridgehead atoms. The quantitative estimate of drug-likeness (QED) is 0.513. The van der Waals surface area contributed by atoms with Crippen LogP contribution in [0.2, 0.25) is 0 Å². The van der Waals surface area contributed by atoms with Gasteiger partial charge in [-0.2, -0.15) is 0 Å². The molecule has 0 spiro atoms. The summed E-state index contributed by atoms with van der Waals surface area (Å²) in [7, 11) is 1.92. The summed E-state index contributed by atoms with van der Waals surface area (Å²) in [4.78, 5) is 27.2. The smallest absolute Gasteiger partial charge is 0.377 e. The van der Waals surface area contributed by atoms with Gasteiger partial charge in [-0.25, -0.2) is 4.79 Å². The van der Waals surface area contributed by atoms with Crippen molar-refractivity contribution in [3.63, 3.8) is 0 Å². The SMILES string of the molecule is CN1CCCc2cc(N=Nc3nc([N+](=O)[O-])cs3)c(C(=O)O)cc21. The van der Waals surface area contributed by atoms with E-state index in [0.29, 0.717) is 0 Å². The zero-order valence-corrected chi connectivity index (χ0v) is 13.5. The van der Waals surface area contributed by atoms with Crippen LogP contribution in [0.15, 0.2) is 27.7 Å². The zero-order chi connectivity index (χ0) is 17.3. The van der Waals surface area contributed by atoms with Crippen LogP contribution < -0.4 is 4.90 Å². The molecule has 9 nitrogen and oxygen atoms in total. The molecular weight excluding hydrogens is 334 g/mol. The number of fused-ring (bicyclic) bond motifs is 1. The van der Waals surface area contributed by atoms with E-state index in [4.69, 9.17) is 0 Å². The molecule has 3 rings (SSSR count). The third kappa shape index (κ3) is 3.08. The summed E-state index contributed by atoms with van der Waals surface area (Å²) in [6.07, 6.45) is 1.82. The average molecular weight is 347 g/mol. The largest absolute Gasteiger partial charge is 0.478 e. The molecule has 24 heavy (non-hydrogen) atoms. The predicted molar refractivity (Wildman–Crippen MR) is 87.9 cm³/mol. The Morgan fingerprint density at radius 2 is 2.25 bits per heavy atom. The van der Waals surface area contributed by atoms with Gasteiger partial charge < -0.3 is 20.1 Å². The van der Waals surface area contributed by atoms with E-state index < -0.39 is 10.9 Å². The molecule has 1 N–H and O–H groups in total. The monoisotopic (exact) mass is 347 g/mol. The Bertz CT molecular complexity index is 848. The summed E-state index contributed by atoms with van der Waals surface area (Å²) in [6.45, 7) is 0.871. The first-order valence-electron chi connectivity index (χ1n) is 7.08. The van der Waals surface area contributed by atoms with E-state index in [0.717, 1.165) is 42.0 Å². The number of aryl methyl sites for hydroxylation is 1. The normalized spacial score (nSPS) is 14.0. The van der Waals surface area contributed by atoms with Crippen molar-refractivity contribution in [2.24, 2.45) is 10.2 Å². The molecule has 0 unspecified atom stereocenters. The second-order valence-corrected chi connectivity index (χ2v) is 6.11. The van der Waals surface area contributed by atoms with Crippen LogP contribution >= 0.6 is 11.3 Å². The Balaban J connectivity index is 1.98. The maximum absolute atomic E-state index is 11.5. The van der Waals surface area contributed by atoms with Crippen LogP contribution in [0.5, 0.6) is 0 Å². The van der Waals surface area contributed by atoms with Crippen LogP contribution in [0, 0.1) is 10.1 Å². The maximum Gasteiger partial charge on any atom is 0.377 e. The third-order valence-corrected chi connectivity index (χ3v) is 4.40. The minimum atomic E-state index is -1.10. The molecular formula is C14H13N5O4S. The van der Waals surface area contributed by atoms with Gasteiger partial charge in [0.2, 0.25) is 0 Å². The third-order valence-electron chi connectivity index (χ3n) is 3.69. The van der Waals surface area contributed by atoms with Gasteiger partial charge in [0.05, 0.1) is 10.9 Å². The van der Waals surface area contributed by atoms with Crippen molar-refractivity contribution in [1.29, 1.82) is 0 Å². The van der Waals surface area contributed by atoms with Crippen molar-refractivity contribution in [1.82, 2.24) is 4.98 Å². The fourth-order valence-corrected chi connectivity index (χ4v) is 3.12. The van der Waals surface area contributed by atoms with Crippen molar-refractivity contribution < 1.29 is 14.8 Å². The molecule has 0 saturated heterocycles. The lowest BCUT2D eigenvalue weighted by molar-refractivity contribution is -0.389. The summed E-state index contributed by atoms with van der Waals surface area (Å²) in [5.41, 5.74) is 2.14. The number of rotatable bonds is 4. The number of thiazole rings is 1. The highest BCUT2D eigenvalue weighted by Crippen LogP contribution is 2.34. The summed E-state index contributed by atoms with van der Waals surface area (Å²) in [5, 5.41) is 29.2. The number of aromatic carboxylic acids is 1. The summed E-state index contributed by atoms with van der Waals surface area (Å²) in [6, 6.07) is 3.30. The number of nitrogens with zero attached hydrogens (tertiary/aromatic N) is 5. The molecule has 2 heterocycles. The number of anilines is 1. The van der Waals surface area contributed by atoms with Crippen LogP contribution in [0.3, 0.4) is 0 Å². The van der Waals surface area contributed by atoms with E-state index in [2.05, 4.69) is 15.2 Å². The van der Waals surface area contributed by atoms with Crippen LogP contribution in [0.1, 0.15) is 22.3 Å². The van der Waals surface area contributed by atoms with Crippen molar-refractivity contribution in [2.45, 2.75) is 12.8 Å². The molecule has 0 saturated carbocycles. The average Bonchev–Trinajstić information content (AvgIpc) is 3.01. The lowest BCUT2D eigenvalue weighted by atomic mass is 9.98. The summed E-state index contributed by atoms with van der Waals surface area (Å²) in [5.74, 6) is -1.41. The van der Waals surface area contributed by atoms with Crippen LogP contribution in [0.4, 0.5) is 22.3 Å². The second-order valence-electron chi connectivity index (χ2n) is 5.27. The van der Waals surface area contributed by atoms with Gasteiger partial charge in [-0.15, -0.1) is 5.11 Å². The number of benzene rings is 1. The van der Waals surface area contributed by atoms with Crippen LogP contribution in [-0.2, 0) is 6.42 Å². The van der Waals surface area contributed by atoms with Crippen LogP contribution in [0.25, 0.3) is 0 Å². The van der Waals surface area contributed by atoms with Crippen molar-refractivity contribution in [3.05, 3.63) is 38.8 Å². The van der Waals surface area contributed by atoms with Gasteiger partial charge in [0.25, 0.3) is 0 Å². The van der Waals surface area contributed by atoms with E-state index in [1.165, 1.54) is 5.38 Å². The van der Waals surface area contributed by atoms with Gasteiger partial charge in [0, 0.05) is 19.3 Å². The molecule has 10 heteroatoms. The van der Waals surface area contributed by atoms with Crippen LogP contribution in [-0.4, -0.2) is 34.6 Å². The molecule has 0 amide bonds.